The Morgan fingerprint density at radius 2 is 2.17 bits per heavy atom. The van der Waals surface area contributed by atoms with E-state index in [0.29, 0.717) is 12.5 Å². The zero-order valence-corrected chi connectivity index (χ0v) is 12.2. The van der Waals surface area contributed by atoms with Crippen LogP contribution >= 0.6 is 15.9 Å². The van der Waals surface area contributed by atoms with Crippen LogP contribution in [-0.2, 0) is 11.3 Å². The van der Waals surface area contributed by atoms with Gasteiger partial charge >= 0.3 is 0 Å². The van der Waals surface area contributed by atoms with E-state index >= 15 is 0 Å². The summed E-state index contributed by atoms with van der Waals surface area (Å²) < 4.78 is 2.99. The molecule has 0 aliphatic carbocycles. The zero-order valence-electron chi connectivity index (χ0n) is 10.6. The van der Waals surface area contributed by atoms with Crippen molar-refractivity contribution < 1.29 is 4.79 Å². The van der Waals surface area contributed by atoms with E-state index in [0.717, 1.165) is 21.9 Å². The summed E-state index contributed by atoms with van der Waals surface area (Å²) in [6, 6.07) is 8.11. The zero-order chi connectivity index (χ0) is 13.1. The highest BCUT2D eigenvalue weighted by atomic mass is 79.9. The Balaban J connectivity index is 2.12. The molecule has 1 amide bonds. The van der Waals surface area contributed by atoms with Crippen LogP contribution in [0.15, 0.2) is 34.9 Å². The topological polar surface area (TPSA) is 34.0 Å². The average molecular weight is 309 g/mol. The maximum absolute atomic E-state index is 11.8. The van der Waals surface area contributed by atoms with E-state index in [2.05, 4.69) is 35.1 Å². The fourth-order valence-electron chi connectivity index (χ4n) is 1.82. The Hall–Kier alpha value is -1.29. The number of amides is 1. The Labute approximate surface area is 115 Å². The Morgan fingerprint density at radius 1 is 1.39 bits per heavy atom. The van der Waals surface area contributed by atoms with Gasteiger partial charge in [0.15, 0.2) is 0 Å². The minimum Gasteiger partial charge on any atom is -0.354 e. The highest BCUT2D eigenvalue weighted by molar-refractivity contribution is 9.10. The second kappa shape index (κ2) is 5.57. The van der Waals surface area contributed by atoms with Crippen molar-refractivity contribution in [3.8, 4) is 0 Å². The highest BCUT2D eigenvalue weighted by Crippen LogP contribution is 2.20. The summed E-state index contributed by atoms with van der Waals surface area (Å²) in [4.78, 5) is 11.8. The van der Waals surface area contributed by atoms with Crippen LogP contribution in [0.25, 0.3) is 10.9 Å². The van der Waals surface area contributed by atoms with Gasteiger partial charge in [0.25, 0.3) is 0 Å². The lowest BCUT2D eigenvalue weighted by molar-refractivity contribution is -0.121. The maximum Gasteiger partial charge on any atom is 0.239 e. The normalized spacial score (nSPS) is 11.1. The number of carbonyl (C=O) groups excluding carboxylic acids is 1. The van der Waals surface area contributed by atoms with Crippen LogP contribution in [0.5, 0.6) is 0 Å². The molecule has 0 aliphatic rings. The molecule has 1 aromatic carbocycles. The molecule has 0 aliphatic heterocycles. The minimum absolute atomic E-state index is 0.0566. The van der Waals surface area contributed by atoms with Gasteiger partial charge < -0.3 is 9.88 Å². The van der Waals surface area contributed by atoms with Crippen molar-refractivity contribution in [2.75, 3.05) is 6.54 Å². The monoisotopic (exact) mass is 308 g/mol. The van der Waals surface area contributed by atoms with Gasteiger partial charge in [0.1, 0.15) is 6.54 Å². The molecule has 1 heterocycles. The van der Waals surface area contributed by atoms with Gasteiger partial charge in [0.05, 0.1) is 0 Å². The van der Waals surface area contributed by atoms with Crippen molar-refractivity contribution in [3.05, 3.63) is 34.9 Å². The number of hydrogen-bond acceptors (Lipinski definition) is 1. The summed E-state index contributed by atoms with van der Waals surface area (Å²) in [5.74, 6) is 0.533. The van der Waals surface area contributed by atoms with Crippen molar-refractivity contribution in [1.82, 2.24) is 9.88 Å². The van der Waals surface area contributed by atoms with Crippen molar-refractivity contribution in [2.24, 2.45) is 5.92 Å². The maximum atomic E-state index is 11.8. The van der Waals surface area contributed by atoms with Crippen LogP contribution in [0, 0.1) is 5.92 Å². The third-order valence-corrected chi connectivity index (χ3v) is 3.25. The molecule has 0 saturated carbocycles. The lowest BCUT2D eigenvalue weighted by Gasteiger charge is -2.09. The average Bonchev–Trinajstić information content (AvgIpc) is 2.69. The van der Waals surface area contributed by atoms with Crippen LogP contribution in [0.4, 0.5) is 0 Å². The first-order valence-electron chi connectivity index (χ1n) is 6.07. The summed E-state index contributed by atoms with van der Waals surface area (Å²) in [5, 5.41) is 4.08. The van der Waals surface area contributed by atoms with Gasteiger partial charge in [0, 0.05) is 22.7 Å². The number of aromatic nitrogens is 1. The van der Waals surface area contributed by atoms with E-state index in [-0.39, 0.29) is 5.91 Å². The standard InChI is InChI=1S/C14H17BrN2O/c1-10(2)8-16-14(18)9-17-6-5-11-3-4-12(15)7-13(11)17/h3-7,10H,8-9H2,1-2H3,(H,16,18). The molecule has 1 aromatic heterocycles. The van der Waals surface area contributed by atoms with Gasteiger partial charge in [-0.3, -0.25) is 4.79 Å². The van der Waals surface area contributed by atoms with Gasteiger partial charge in [-0.15, -0.1) is 0 Å². The molecule has 0 unspecified atom stereocenters. The number of hydrogen-bond donors (Lipinski definition) is 1. The molecular weight excluding hydrogens is 292 g/mol. The predicted molar refractivity (Wildman–Crippen MR) is 77.5 cm³/mol. The smallest absolute Gasteiger partial charge is 0.239 e. The molecule has 0 saturated heterocycles. The third kappa shape index (κ3) is 3.13. The van der Waals surface area contributed by atoms with Crippen molar-refractivity contribution in [2.45, 2.75) is 20.4 Å². The first-order valence-corrected chi connectivity index (χ1v) is 6.86. The quantitative estimate of drug-likeness (QED) is 0.925. The predicted octanol–water partition coefficient (Wildman–Crippen LogP) is 3.18. The number of rotatable bonds is 4. The van der Waals surface area contributed by atoms with E-state index < -0.39 is 0 Å². The Morgan fingerprint density at radius 3 is 2.89 bits per heavy atom. The molecule has 1 N–H and O–H groups in total. The van der Waals surface area contributed by atoms with E-state index in [4.69, 9.17) is 0 Å². The SMILES string of the molecule is CC(C)CNC(=O)Cn1ccc2ccc(Br)cc21. The van der Waals surface area contributed by atoms with Crippen molar-refractivity contribution in [3.63, 3.8) is 0 Å². The molecule has 0 bridgehead atoms. The van der Waals surface area contributed by atoms with Crippen LogP contribution in [0.1, 0.15) is 13.8 Å². The molecule has 96 valence electrons. The molecule has 2 rings (SSSR count). The van der Waals surface area contributed by atoms with Crippen LogP contribution in [0.3, 0.4) is 0 Å². The number of carbonyl (C=O) groups is 1. The first-order chi connectivity index (χ1) is 8.56. The molecule has 4 heteroatoms. The van der Waals surface area contributed by atoms with Crippen molar-refractivity contribution >= 4 is 32.7 Å². The van der Waals surface area contributed by atoms with Gasteiger partial charge in [-0.2, -0.15) is 0 Å². The number of nitrogens with zero attached hydrogens (tertiary/aromatic N) is 1. The summed E-state index contributed by atoms with van der Waals surface area (Å²) >= 11 is 3.45. The van der Waals surface area contributed by atoms with E-state index in [9.17, 15) is 4.79 Å². The number of fused-ring (bicyclic) bond motifs is 1. The largest absolute Gasteiger partial charge is 0.354 e. The summed E-state index contributed by atoms with van der Waals surface area (Å²) in [6.45, 7) is 5.26. The second-order valence-electron chi connectivity index (χ2n) is 4.84. The fourth-order valence-corrected chi connectivity index (χ4v) is 2.17. The van der Waals surface area contributed by atoms with Gasteiger partial charge in [0.2, 0.25) is 5.91 Å². The fraction of sp³-hybridized carbons (Fsp3) is 0.357. The van der Waals surface area contributed by atoms with Gasteiger partial charge in [-0.25, -0.2) is 0 Å². The third-order valence-electron chi connectivity index (χ3n) is 2.76. The summed E-state index contributed by atoms with van der Waals surface area (Å²) in [5.41, 5.74) is 1.07. The Kier molecular flexibility index (Phi) is 4.07. The molecule has 0 fully saturated rings. The first kappa shape index (κ1) is 13.1. The van der Waals surface area contributed by atoms with Crippen LogP contribution in [-0.4, -0.2) is 17.0 Å². The van der Waals surface area contributed by atoms with Crippen LogP contribution in [0.2, 0.25) is 0 Å². The molecule has 3 nitrogen and oxygen atoms in total. The van der Waals surface area contributed by atoms with E-state index in [1.54, 1.807) is 0 Å². The summed E-state index contributed by atoms with van der Waals surface area (Å²) in [6.07, 6.45) is 1.95. The lowest BCUT2D eigenvalue weighted by atomic mass is 10.2. The van der Waals surface area contributed by atoms with Gasteiger partial charge in [-0.1, -0.05) is 35.8 Å². The summed E-state index contributed by atoms with van der Waals surface area (Å²) in [7, 11) is 0. The van der Waals surface area contributed by atoms with Crippen molar-refractivity contribution in [1.29, 1.82) is 0 Å². The number of halogens is 1. The van der Waals surface area contributed by atoms with E-state index in [1.807, 2.05) is 35.0 Å². The Bertz CT molecular complexity index is 560. The molecule has 2 aromatic rings. The molecule has 18 heavy (non-hydrogen) atoms. The molecular formula is C14H17BrN2O. The number of benzene rings is 1. The lowest BCUT2D eigenvalue weighted by Crippen LogP contribution is -2.30. The minimum atomic E-state index is 0.0566. The van der Waals surface area contributed by atoms with E-state index in [1.165, 1.54) is 0 Å². The molecule has 0 radical (unpaired) electrons. The molecule has 0 atom stereocenters. The number of nitrogens with one attached hydrogen (secondary N) is 1. The van der Waals surface area contributed by atoms with Gasteiger partial charge in [-0.05, 0) is 29.5 Å². The van der Waals surface area contributed by atoms with Crippen LogP contribution < -0.4 is 5.32 Å². The molecule has 0 spiro atoms. The second-order valence-corrected chi connectivity index (χ2v) is 5.76. The highest BCUT2D eigenvalue weighted by Gasteiger charge is 2.06.